The SMILES string of the molecule is [NH3+][C@@H](Cc1cc(F)ccc1F)C(=O)[O-]. The Bertz CT molecular complexity index is 355. The van der Waals surface area contributed by atoms with Gasteiger partial charge in [-0.1, -0.05) is 0 Å². The van der Waals surface area contributed by atoms with Gasteiger partial charge < -0.3 is 15.6 Å². The summed E-state index contributed by atoms with van der Waals surface area (Å²) in [5, 5.41) is 10.3. The highest BCUT2D eigenvalue weighted by Gasteiger charge is 2.12. The Morgan fingerprint density at radius 3 is 2.71 bits per heavy atom. The molecule has 1 aromatic carbocycles. The Morgan fingerprint density at radius 2 is 2.14 bits per heavy atom. The quantitative estimate of drug-likeness (QED) is 0.672. The lowest BCUT2D eigenvalue weighted by molar-refractivity contribution is -0.437. The van der Waals surface area contributed by atoms with Gasteiger partial charge in [0.2, 0.25) is 0 Å². The summed E-state index contributed by atoms with van der Waals surface area (Å²) in [6.07, 6.45) is -0.175. The van der Waals surface area contributed by atoms with Crippen LogP contribution in [0.15, 0.2) is 18.2 Å². The van der Waals surface area contributed by atoms with Crippen LogP contribution in [0.1, 0.15) is 5.56 Å². The van der Waals surface area contributed by atoms with Crippen molar-refractivity contribution in [3.63, 3.8) is 0 Å². The van der Waals surface area contributed by atoms with E-state index in [1.807, 2.05) is 0 Å². The molecule has 0 saturated carbocycles. The molecule has 0 aliphatic rings. The van der Waals surface area contributed by atoms with Crippen LogP contribution in [0.4, 0.5) is 8.78 Å². The number of rotatable bonds is 3. The second-order valence-electron chi connectivity index (χ2n) is 2.96. The van der Waals surface area contributed by atoms with Gasteiger partial charge in [-0.05, 0) is 23.8 Å². The third-order valence-electron chi connectivity index (χ3n) is 1.81. The molecular weight excluding hydrogens is 192 g/mol. The molecule has 0 aliphatic heterocycles. The van der Waals surface area contributed by atoms with E-state index in [-0.39, 0.29) is 12.0 Å². The van der Waals surface area contributed by atoms with E-state index in [1.165, 1.54) is 0 Å². The van der Waals surface area contributed by atoms with Crippen LogP contribution in [0.3, 0.4) is 0 Å². The van der Waals surface area contributed by atoms with Gasteiger partial charge in [0.1, 0.15) is 17.7 Å². The van der Waals surface area contributed by atoms with Crippen molar-refractivity contribution in [1.29, 1.82) is 0 Å². The van der Waals surface area contributed by atoms with Gasteiger partial charge in [0.05, 0.1) is 5.97 Å². The Hall–Kier alpha value is -1.49. The van der Waals surface area contributed by atoms with Crippen LogP contribution in [0.2, 0.25) is 0 Å². The molecule has 14 heavy (non-hydrogen) atoms. The zero-order valence-electron chi connectivity index (χ0n) is 7.30. The first kappa shape index (κ1) is 10.6. The fourth-order valence-corrected chi connectivity index (χ4v) is 1.05. The van der Waals surface area contributed by atoms with Crippen molar-refractivity contribution >= 4 is 5.97 Å². The first-order chi connectivity index (χ1) is 6.50. The summed E-state index contributed by atoms with van der Waals surface area (Å²) in [7, 11) is 0. The van der Waals surface area contributed by atoms with E-state index in [2.05, 4.69) is 5.73 Å². The number of carboxylic acids is 1. The van der Waals surface area contributed by atoms with Gasteiger partial charge in [0.25, 0.3) is 0 Å². The van der Waals surface area contributed by atoms with Gasteiger partial charge in [-0.15, -0.1) is 0 Å². The summed E-state index contributed by atoms with van der Waals surface area (Å²) in [4.78, 5) is 10.3. The molecule has 0 bridgehead atoms. The highest BCUT2D eigenvalue weighted by molar-refractivity contribution is 5.69. The first-order valence-corrected chi connectivity index (χ1v) is 3.98. The summed E-state index contributed by atoms with van der Waals surface area (Å²) < 4.78 is 25.6. The van der Waals surface area contributed by atoms with Crippen molar-refractivity contribution in [2.24, 2.45) is 0 Å². The first-order valence-electron chi connectivity index (χ1n) is 3.98. The molecule has 0 aliphatic carbocycles. The van der Waals surface area contributed by atoms with E-state index in [9.17, 15) is 18.7 Å². The predicted octanol–water partition coefficient (Wildman–Crippen LogP) is -1.13. The normalized spacial score (nSPS) is 12.5. The van der Waals surface area contributed by atoms with Crippen LogP contribution >= 0.6 is 0 Å². The Labute approximate surface area is 79.2 Å². The maximum Gasteiger partial charge on any atom is 0.129 e. The molecule has 5 heteroatoms. The van der Waals surface area contributed by atoms with E-state index >= 15 is 0 Å². The molecule has 0 unspecified atom stereocenters. The number of halogens is 2. The second kappa shape index (κ2) is 4.15. The molecule has 3 nitrogen and oxygen atoms in total. The molecule has 0 saturated heterocycles. The van der Waals surface area contributed by atoms with Crippen molar-refractivity contribution in [3.05, 3.63) is 35.4 Å². The molecule has 76 valence electrons. The van der Waals surface area contributed by atoms with Crippen LogP contribution in [0.5, 0.6) is 0 Å². The number of carboxylic acid groups (broad SMARTS) is 1. The number of aliphatic carboxylic acids is 1. The summed E-state index contributed by atoms with van der Waals surface area (Å²) >= 11 is 0. The highest BCUT2D eigenvalue weighted by atomic mass is 19.1. The van der Waals surface area contributed by atoms with Gasteiger partial charge >= 0.3 is 0 Å². The molecule has 0 aromatic heterocycles. The minimum atomic E-state index is -1.38. The highest BCUT2D eigenvalue weighted by Crippen LogP contribution is 2.10. The average molecular weight is 201 g/mol. The third-order valence-corrected chi connectivity index (χ3v) is 1.81. The minimum Gasteiger partial charge on any atom is -0.544 e. The minimum absolute atomic E-state index is 0.00537. The number of carbonyl (C=O) groups is 1. The van der Waals surface area contributed by atoms with Crippen molar-refractivity contribution < 1.29 is 24.4 Å². The van der Waals surface area contributed by atoms with Crippen LogP contribution in [-0.4, -0.2) is 12.0 Å². The van der Waals surface area contributed by atoms with E-state index in [0.717, 1.165) is 18.2 Å². The zero-order valence-corrected chi connectivity index (χ0v) is 7.30. The molecule has 0 fully saturated rings. The Morgan fingerprint density at radius 1 is 1.50 bits per heavy atom. The summed E-state index contributed by atoms with van der Waals surface area (Å²) in [6.45, 7) is 0. The van der Waals surface area contributed by atoms with Gasteiger partial charge in [-0.3, -0.25) is 0 Å². The standard InChI is InChI=1S/C9H9F2NO2/c10-6-1-2-7(11)5(3-6)4-8(12)9(13)14/h1-3,8H,4,12H2,(H,13,14)/t8-/m0/s1. The summed E-state index contributed by atoms with van der Waals surface area (Å²) in [6, 6.07) is 1.80. The smallest absolute Gasteiger partial charge is 0.129 e. The predicted molar refractivity (Wildman–Crippen MR) is 41.7 cm³/mol. The lowest BCUT2D eigenvalue weighted by Gasteiger charge is -2.09. The maximum absolute atomic E-state index is 13.0. The van der Waals surface area contributed by atoms with Gasteiger partial charge in [0, 0.05) is 6.42 Å². The van der Waals surface area contributed by atoms with Crippen LogP contribution < -0.4 is 10.8 Å². The maximum atomic E-state index is 13.0. The molecule has 0 radical (unpaired) electrons. The monoisotopic (exact) mass is 201 g/mol. The van der Waals surface area contributed by atoms with Crippen molar-refractivity contribution in [2.75, 3.05) is 0 Å². The third kappa shape index (κ3) is 2.50. The number of benzene rings is 1. The number of carbonyl (C=O) groups excluding carboxylic acids is 1. The van der Waals surface area contributed by atoms with Crippen molar-refractivity contribution in [1.82, 2.24) is 0 Å². The molecule has 1 atom stereocenters. The fourth-order valence-electron chi connectivity index (χ4n) is 1.05. The van der Waals surface area contributed by atoms with Crippen LogP contribution in [0.25, 0.3) is 0 Å². The molecule has 3 N–H and O–H groups in total. The molecule has 0 spiro atoms. The van der Waals surface area contributed by atoms with E-state index < -0.39 is 23.6 Å². The lowest BCUT2D eigenvalue weighted by atomic mass is 10.1. The van der Waals surface area contributed by atoms with Gasteiger partial charge in [-0.25, -0.2) is 8.78 Å². The van der Waals surface area contributed by atoms with E-state index in [0.29, 0.717) is 0 Å². The zero-order chi connectivity index (χ0) is 10.7. The number of hydrogen-bond acceptors (Lipinski definition) is 2. The average Bonchev–Trinajstić information content (AvgIpc) is 2.11. The molecule has 0 heterocycles. The van der Waals surface area contributed by atoms with Crippen LogP contribution in [-0.2, 0) is 11.2 Å². The number of quaternary nitrogens is 1. The van der Waals surface area contributed by atoms with Gasteiger partial charge in [0.15, 0.2) is 0 Å². The largest absolute Gasteiger partial charge is 0.544 e. The number of hydrogen-bond donors (Lipinski definition) is 1. The second-order valence-corrected chi connectivity index (χ2v) is 2.96. The molecular formula is C9H9F2NO2. The summed E-state index contributed by atoms with van der Waals surface area (Å²) in [5.74, 6) is -2.62. The lowest BCUT2D eigenvalue weighted by Crippen LogP contribution is -2.69. The van der Waals surface area contributed by atoms with Crippen molar-refractivity contribution in [2.45, 2.75) is 12.5 Å². The van der Waals surface area contributed by atoms with E-state index in [1.54, 1.807) is 0 Å². The van der Waals surface area contributed by atoms with E-state index in [4.69, 9.17) is 0 Å². The Balaban J connectivity index is 2.85. The fraction of sp³-hybridized carbons (Fsp3) is 0.222. The summed E-state index contributed by atoms with van der Waals surface area (Å²) in [5.41, 5.74) is 3.25. The van der Waals surface area contributed by atoms with Crippen molar-refractivity contribution in [3.8, 4) is 0 Å². The Kier molecular flexibility index (Phi) is 3.14. The topological polar surface area (TPSA) is 67.8 Å². The molecule has 1 aromatic rings. The molecule has 0 amide bonds. The molecule has 1 rings (SSSR count). The van der Waals surface area contributed by atoms with Crippen LogP contribution in [0, 0.1) is 11.6 Å². The van der Waals surface area contributed by atoms with Gasteiger partial charge in [-0.2, -0.15) is 0 Å².